The number of amides is 1. The lowest BCUT2D eigenvalue weighted by atomic mass is 9.86. The second-order valence-electron chi connectivity index (χ2n) is 9.80. The first-order valence-electron chi connectivity index (χ1n) is 12.9. The van der Waals surface area contributed by atoms with Gasteiger partial charge >= 0.3 is 0 Å². The third-order valence-corrected chi connectivity index (χ3v) is 7.15. The standard InChI is InChI=1S/C28H38N4O3/c1-3-21-16-29-28(30-17-21)32-14-12-22(13-15-32)19-35-26-10-8-24(9-11-26)23-4-6-25(7-5-23)27(34)31-20(2)18-33/h4,8-11,16-17,20,22,25,33H,3,5-7,12-15,18-19H2,1-2H3,(H,31,34)/t20-,25?/m1/s1. The Labute approximate surface area is 208 Å². The molecule has 1 unspecified atom stereocenters. The summed E-state index contributed by atoms with van der Waals surface area (Å²) in [5.41, 5.74) is 3.66. The second-order valence-corrected chi connectivity index (χ2v) is 9.80. The number of aliphatic hydroxyl groups is 1. The van der Waals surface area contributed by atoms with Crippen LogP contribution in [0.1, 0.15) is 57.1 Å². The fourth-order valence-corrected chi connectivity index (χ4v) is 4.71. The van der Waals surface area contributed by atoms with Crippen LogP contribution in [0.4, 0.5) is 5.95 Å². The van der Waals surface area contributed by atoms with Crippen LogP contribution in [0.2, 0.25) is 0 Å². The molecule has 2 aliphatic rings. The van der Waals surface area contributed by atoms with E-state index in [9.17, 15) is 4.79 Å². The van der Waals surface area contributed by atoms with E-state index in [0.717, 1.165) is 69.9 Å². The highest BCUT2D eigenvalue weighted by Gasteiger charge is 2.24. The number of anilines is 1. The Morgan fingerprint density at radius 2 is 1.89 bits per heavy atom. The Morgan fingerprint density at radius 3 is 2.49 bits per heavy atom. The predicted octanol–water partition coefficient (Wildman–Crippen LogP) is 4.01. The van der Waals surface area contributed by atoms with Crippen molar-refractivity contribution < 1.29 is 14.6 Å². The Bertz CT molecular complexity index is 982. The van der Waals surface area contributed by atoms with E-state index in [-0.39, 0.29) is 24.5 Å². The van der Waals surface area contributed by atoms with Gasteiger partial charge in [-0.25, -0.2) is 9.97 Å². The Hall–Kier alpha value is -2.93. The normalized spacial score (nSPS) is 19.7. The van der Waals surface area contributed by atoms with E-state index >= 15 is 0 Å². The fraction of sp³-hybridized carbons (Fsp3) is 0.536. The number of hydrogen-bond donors (Lipinski definition) is 2. The highest BCUT2D eigenvalue weighted by atomic mass is 16.5. The van der Waals surface area contributed by atoms with Gasteiger partial charge in [-0.2, -0.15) is 0 Å². The minimum atomic E-state index is -0.195. The number of piperidine rings is 1. The molecule has 1 saturated heterocycles. The lowest BCUT2D eigenvalue weighted by molar-refractivity contribution is -0.126. The van der Waals surface area contributed by atoms with Crippen molar-refractivity contribution in [3.63, 3.8) is 0 Å². The van der Waals surface area contributed by atoms with Crippen molar-refractivity contribution in [3.8, 4) is 5.75 Å². The average molecular weight is 479 g/mol. The number of aromatic nitrogens is 2. The molecule has 7 nitrogen and oxygen atoms in total. The summed E-state index contributed by atoms with van der Waals surface area (Å²) in [4.78, 5) is 23.6. The van der Waals surface area contributed by atoms with Crippen molar-refractivity contribution in [1.29, 1.82) is 0 Å². The van der Waals surface area contributed by atoms with Crippen LogP contribution in [-0.4, -0.2) is 53.3 Å². The van der Waals surface area contributed by atoms with Crippen molar-refractivity contribution in [2.24, 2.45) is 11.8 Å². The zero-order chi connectivity index (χ0) is 24.6. The predicted molar refractivity (Wildman–Crippen MR) is 138 cm³/mol. The largest absolute Gasteiger partial charge is 0.493 e. The van der Waals surface area contributed by atoms with Gasteiger partial charge in [0.05, 0.1) is 13.2 Å². The summed E-state index contributed by atoms with van der Waals surface area (Å²) in [7, 11) is 0. The van der Waals surface area contributed by atoms with E-state index in [1.165, 1.54) is 16.7 Å². The van der Waals surface area contributed by atoms with Gasteiger partial charge in [-0.1, -0.05) is 25.1 Å². The minimum absolute atomic E-state index is 0.0101. The second kappa shape index (κ2) is 12.2. The molecule has 1 aliphatic heterocycles. The van der Waals surface area contributed by atoms with Crippen LogP contribution in [0, 0.1) is 11.8 Å². The molecule has 2 aromatic rings. The maximum atomic E-state index is 12.3. The van der Waals surface area contributed by atoms with Crippen molar-refractivity contribution in [3.05, 3.63) is 53.9 Å². The number of carbonyl (C=O) groups excluding carboxylic acids is 1. The van der Waals surface area contributed by atoms with Crippen molar-refractivity contribution in [2.75, 3.05) is 31.2 Å². The maximum Gasteiger partial charge on any atom is 0.225 e. The van der Waals surface area contributed by atoms with Crippen LogP contribution < -0.4 is 15.0 Å². The molecule has 35 heavy (non-hydrogen) atoms. The molecule has 188 valence electrons. The Morgan fingerprint density at radius 1 is 1.17 bits per heavy atom. The smallest absolute Gasteiger partial charge is 0.225 e. The molecule has 1 aromatic heterocycles. The summed E-state index contributed by atoms with van der Waals surface area (Å²) in [6.45, 7) is 6.55. The summed E-state index contributed by atoms with van der Waals surface area (Å²) >= 11 is 0. The fourth-order valence-electron chi connectivity index (χ4n) is 4.71. The van der Waals surface area contributed by atoms with E-state index < -0.39 is 0 Å². The van der Waals surface area contributed by atoms with Gasteiger partial charge in [0.25, 0.3) is 0 Å². The Balaban J connectivity index is 1.21. The summed E-state index contributed by atoms with van der Waals surface area (Å²) in [5, 5.41) is 12.0. The first-order valence-corrected chi connectivity index (χ1v) is 12.9. The van der Waals surface area contributed by atoms with E-state index in [1.807, 2.05) is 19.3 Å². The van der Waals surface area contributed by atoms with Crippen LogP contribution in [0.5, 0.6) is 5.75 Å². The SMILES string of the molecule is CCc1cnc(N2CCC(COc3ccc(C4=CCC(C(=O)N[C@H](C)CO)CC4)cc3)CC2)nc1. The van der Waals surface area contributed by atoms with Crippen molar-refractivity contribution in [1.82, 2.24) is 15.3 Å². The quantitative estimate of drug-likeness (QED) is 0.566. The van der Waals surface area contributed by atoms with E-state index in [0.29, 0.717) is 5.92 Å². The lowest BCUT2D eigenvalue weighted by Crippen LogP contribution is -2.39. The first-order chi connectivity index (χ1) is 17.1. The van der Waals surface area contributed by atoms with Gasteiger partial charge in [0.1, 0.15) is 5.75 Å². The van der Waals surface area contributed by atoms with Crippen LogP contribution >= 0.6 is 0 Å². The zero-order valence-electron chi connectivity index (χ0n) is 20.9. The number of rotatable bonds is 9. The van der Waals surface area contributed by atoms with Crippen LogP contribution in [0.25, 0.3) is 5.57 Å². The molecule has 4 rings (SSSR count). The van der Waals surface area contributed by atoms with Crippen molar-refractivity contribution >= 4 is 17.4 Å². The van der Waals surface area contributed by atoms with E-state index in [2.05, 4.69) is 57.4 Å². The Kier molecular flexibility index (Phi) is 8.74. The minimum Gasteiger partial charge on any atom is -0.493 e. The first kappa shape index (κ1) is 25.2. The van der Waals surface area contributed by atoms with Crippen LogP contribution in [0.15, 0.2) is 42.7 Å². The van der Waals surface area contributed by atoms with Gasteiger partial charge in [0.15, 0.2) is 0 Å². The highest BCUT2D eigenvalue weighted by molar-refractivity contribution is 5.80. The van der Waals surface area contributed by atoms with Gasteiger partial charge in [0, 0.05) is 37.4 Å². The van der Waals surface area contributed by atoms with Gasteiger partial charge in [-0.05, 0) is 80.2 Å². The van der Waals surface area contributed by atoms with E-state index in [1.54, 1.807) is 0 Å². The molecule has 0 saturated carbocycles. The number of carbonyl (C=O) groups is 1. The number of nitrogens with one attached hydrogen (secondary N) is 1. The van der Waals surface area contributed by atoms with Gasteiger partial charge in [0.2, 0.25) is 11.9 Å². The molecule has 7 heteroatoms. The molecule has 2 N–H and O–H groups in total. The maximum absolute atomic E-state index is 12.3. The van der Waals surface area contributed by atoms with E-state index in [4.69, 9.17) is 9.84 Å². The third kappa shape index (κ3) is 6.82. The molecule has 1 amide bonds. The van der Waals surface area contributed by atoms with Gasteiger partial charge in [-0.15, -0.1) is 0 Å². The topological polar surface area (TPSA) is 87.6 Å². The molecule has 0 radical (unpaired) electrons. The number of allylic oxidation sites excluding steroid dienone is 2. The number of aryl methyl sites for hydroxylation is 1. The molecule has 1 aliphatic carbocycles. The lowest BCUT2D eigenvalue weighted by Gasteiger charge is -2.31. The van der Waals surface area contributed by atoms with Crippen molar-refractivity contribution in [2.45, 2.75) is 58.4 Å². The zero-order valence-corrected chi connectivity index (χ0v) is 20.9. The average Bonchev–Trinajstić information content (AvgIpc) is 2.92. The highest BCUT2D eigenvalue weighted by Crippen LogP contribution is 2.31. The molecule has 0 spiro atoms. The number of hydrogen-bond acceptors (Lipinski definition) is 6. The van der Waals surface area contributed by atoms with Gasteiger partial charge in [-0.3, -0.25) is 4.79 Å². The monoisotopic (exact) mass is 478 g/mol. The third-order valence-electron chi connectivity index (χ3n) is 7.15. The van der Waals surface area contributed by atoms with Gasteiger partial charge < -0.3 is 20.1 Å². The number of aliphatic hydroxyl groups excluding tert-OH is 1. The molecule has 0 bridgehead atoms. The number of nitrogens with zero attached hydrogens (tertiary/aromatic N) is 3. The molecule has 2 atom stereocenters. The summed E-state index contributed by atoms with van der Waals surface area (Å²) in [6.07, 6.45) is 11.6. The summed E-state index contributed by atoms with van der Waals surface area (Å²) < 4.78 is 6.11. The van der Waals surface area contributed by atoms with Crippen LogP contribution in [-0.2, 0) is 11.2 Å². The molecular formula is C28H38N4O3. The number of benzene rings is 1. The van der Waals surface area contributed by atoms with Crippen LogP contribution in [0.3, 0.4) is 0 Å². The molecular weight excluding hydrogens is 440 g/mol. The summed E-state index contributed by atoms with van der Waals surface area (Å²) in [6, 6.07) is 8.15. The molecule has 1 fully saturated rings. The number of ether oxygens (including phenoxy) is 1. The summed E-state index contributed by atoms with van der Waals surface area (Å²) in [5.74, 6) is 2.31. The molecule has 1 aromatic carbocycles. The molecule has 2 heterocycles.